The zero-order valence-electron chi connectivity index (χ0n) is 10.5. The molecule has 0 fully saturated rings. The highest BCUT2D eigenvalue weighted by Crippen LogP contribution is 2.24. The summed E-state index contributed by atoms with van der Waals surface area (Å²) in [5.74, 6) is 2.08. The number of nitrogens with one attached hydrogen (secondary N) is 1. The molecule has 18 heavy (non-hydrogen) atoms. The van der Waals surface area contributed by atoms with Crippen LogP contribution in [0.1, 0.15) is 25.6 Å². The zero-order valence-corrected chi connectivity index (χ0v) is 10.5. The van der Waals surface area contributed by atoms with E-state index in [4.69, 9.17) is 0 Å². The normalized spacial score (nSPS) is 11.6. The quantitative estimate of drug-likeness (QED) is 0.744. The lowest BCUT2D eigenvalue weighted by Gasteiger charge is -2.04. The molecular weight excluding hydrogens is 228 g/mol. The van der Waals surface area contributed by atoms with Crippen LogP contribution < -0.4 is 0 Å². The fraction of sp³-hybridized carbons (Fsp3) is 0.333. The van der Waals surface area contributed by atoms with Gasteiger partial charge in [-0.25, -0.2) is 4.98 Å². The first-order chi connectivity index (χ1) is 8.66. The van der Waals surface area contributed by atoms with Crippen molar-refractivity contribution in [2.75, 3.05) is 0 Å². The molecule has 0 aliphatic heterocycles. The highest BCUT2D eigenvalue weighted by molar-refractivity contribution is 5.81. The molecule has 1 N–H and O–H groups in total. The topological polar surface area (TPSA) is 72.3 Å². The molecule has 0 bridgehead atoms. The summed E-state index contributed by atoms with van der Waals surface area (Å²) in [4.78, 5) is 4.63. The van der Waals surface area contributed by atoms with Crippen molar-refractivity contribution in [1.29, 1.82) is 0 Å². The molecule has 6 heteroatoms. The molecule has 1 aromatic carbocycles. The minimum atomic E-state index is 0.399. The van der Waals surface area contributed by atoms with Gasteiger partial charge in [0.05, 0.1) is 11.0 Å². The van der Waals surface area contributed by atoms with Gasteiger partial charge in [-0.2, -0.15) is 5.21 Å². The smallest absolute Gasteiger partial charge is 0.204 e. The zero-order chi connectivity index (χ0) is 12.7. The lowest BCUT2D eigenvalue weighted by molar-refractivity contribution is 0.722. The first-order valence-electron chi connectivity index (χ1n) is 5.87. The van der Waals surface area contributed by atoms with Crippen LogP contribution in [-0.2, 0) is 7.05 Å². The predicted octanol–water partition coefficient (Wildman–Crippen LogP) is 1.88. The minimum absolute atomic E-state index is 0.399. The van der Waals surface area contributed by atoms with E-state index >= 15 is 0 Å². The van der Waals surface area contributed by atoms with Crippen LogP contribution in [0.4, 0.5) is 0 Å². The summed E-state index contributed by atoms with van der Waals surface area (Å²) in [6.07, 6.45) is 0. The Morgan fingerprint density at radius 1 is 1.28 bits per heavy atom. The number of imidazole rings is 1. The molecule has 0 aliphatic carbocycles. The molecule has 3 rings (SSSR count). The molecule has 3 aromatic rings. The van der Waals surface area contributed by atoms with Crippen molar-refractivity contribution in [2.45, 2.75) is 19.8 Å². The summed E-state index contributed by atoms with van der Waals surface area (Å²) in [6.45, 7) is 4.28. The third kappa shape index (κ3) is 1.57. The third-order valence-electron chi connectivity index (χ3n) is 3.04. The standard InChI is InChI=1S/C12H14N6/c1-7(2)12-13-9-5-4-8(6-10(9)18(12)3)11-14-16-17-15-11/h4-7H,1-3H3,(H,14,15,16,17). The number of fused-ring (bicyclic) bond motifs is 1. The van der Waals surface area contributed by atoms with Crippen LogP contribution in [0.5, 0.6) is 0 Å². The second-order valence-corrected chi connectivity index (χ2v) is 4.62. The van der Waals surface area contributed by atoms with Crippen LogP contribution in [0, 0.1) is 0 Å². The molecule has 6 nitrogen and oxygen atoms in total. The van der Waals surface area contributed by atoms with Crippen molar-refractivity contribution < 1.29 is 0 Å². The molecule has 2 aromatic heterocycles. The summed E-state index contributed by atoms with van der Waals surface area (Å²) >= 11 is 0. The van der Waals surface area contributed by atoms with Crippen molar-refractivity contribution in [3.05, 3.63) is 24.0 Å². The molecule has 0 amide bonds. The van der Waals surface area contributed by atoms with Crippen LogP contribution in [0.15, 0.2) is 18.2 Å². The molecule has 2 heterocycles. The van der Waals surface area contributed by atoms with E-state index in [0.29, 0.717) is 11.7 Å². The number of aromatic nitrogens is 6. The fourth-order valence-electron chi connectivity index (χ4n) is 2.15. The van der Waals surface area contributed by atoms with E-state index in [1.807, 2.05) is 25.2 Å². The number of nitrogens with zero attached hydrogens (tertiary/aromatic N) is 5. The monoisotopic (exact) mass is 242 g/mol. The van der Waals surface area contributed by atoms with Crippen molar-refractivity contribution >= 4 is 11.0 Å². The van der Waals surface area contributed by atoms with Gasteiger partial charge in [-0.05, 0) is 23.4 Å². The van der Waals surface area contributed by atoms with Crippen LogP contribution in [0.25, 0.3) is 22.4 Å². The third-order valence-corrected chi connectivity index (χ3v) is 3.04. The Bertz CT molecular complexity index is 680. The lowest BCUT2D eigenvalue weighted by atomic mass is 10.2. The van der Waals surface area contributed by atoms with Crippen molar-refractivity contribution in [3.63, 3.8) is 0 Å². The van der Waals surface area contributed by atoms with E-state index in [1.54, 1.807) is 0 Å². The largest absolute Gasteiger partial charge is 0.331 e. The number of H-pyrrole nitrogens is 1. The highest BCUT2D eigenvalue weighted by Gasteiger charge is 2.12. The van der Waals surface area contributed by atoms with Crippen LogP contribution in [-0.4, -0.2) is 30.2 Å². The predicted molar refractivity (Wildman–Crippen MR) is 68.0 cm³/mol. The number of aryl methyl sites for hydroxylation is 1. The van der Waals surface area contributed by atoms with Crippen LogP contribution in [0.3, 0.4) is 0 Å². The van der Waals surface area contributed by atoms with Gasteiger partial charge in [0.15, 0.2) is 0 Å². The van der Waals surface area contributed by atoms with Crippen molar-refractivity contribution in [3.8, 4) is 11.4 Å². The Labute approximate surface area is 104 Å². The van der Waals surface area contributed by atoms with Gasteiger partial charge in [-0.3, -0.25) is 0 Å². The SMILES string of the molecule is CC(C)c1nc2ccc(-c3nn[nH]n3)cc2n1C. The Balaban J connectivity index is 2.20. The number of tetrazole rings is 1. The molecule has 0 atom stereocenters. The molecule has 92 valence electrons. The first kappa shape index (κ1) is 10.9. The average Bonchev–Trinajstić information content (AvgIpc) is 2.97. The maximum absolute atomic E-state index is 4.63. The second-order valence-electron chi connectivity index (χ2n) is 4.62. The van der Waals surface area contributed by atoms with Gasteiger partial charge in [0.1, 0.15) is 5.82 Å². The van der Waals surface area contributed by atoms with Crippen LogP contribution in [0.2, 0.25) is 0 Å². The van der Waals surface area contributed by atoms with Gasteiger partial charge in [0, 0.05) is 18.5 Å². The van der Waals surface area contributed by atoms with E-state index in [2.05, 4.69) is 44.0 Å². The second kappa shape index (κ2) is 3.90. The van der Waals surface area contributed by atoms with E-state index < -0.39 is 0 Å². The number of hydrogen-bond donors (Lipinski definition) is 1. The molecule has 0 radical (unpaired) electrons. The number of rotatable bonds is 2. The van der Waals surface area contributed by atoms with Gasteiger partial charge in [-0.15, -0.1) is 10.2 Å². The molecule has 0 saturated carbocycles. The Morgan fingerprint density at radius 2 is 2.11 bits per heavy atom. The number of aromatic amines is 1. The Hall–Kier alpha value is -2.24. The number of benzene rings is 1. The highest BCUT2D eigenvalue weighted by atomic mass is 15.5. The maximum Gasteiger partial charge on any atom is 0.204 e. The lowest BCUT2D eigenvalue weighted by Crippen LogP contribution is -1.99. The summed E-state index contributed by atoms with van der Waals surface area (Å²) in [5.41, 5.74) is 3.02. The van der Waals surface area contributed by atoms with Crippen molar-refractivity contribution in [1.82, 2.24) is 30.2 Å². The molecule has 0 saturated heterocycles. The van der Waals surface area contributed by atoms with E-state index in [1.165, 1.54) is 0 Å². The van der Waals surface area contributed by atoms with Gasteiger partial charge in [0.25, 0.3) is 0 Å². The molecule has 0 unspecified atom stereocenters. The Morgan fingerprint density at radius 3 is 2.78 bits per heavy atom. The van der Waals surface area contributed by atoms with E-state index in [9.17, 15) is 0 Å². The van der Waals surface area contributed by atoms with Crippen LogP contribution >= 0.6 is 0 Å². The number of hydrogen-bond acceptors (Lipinski definition) is 4. The summed E-state index contributed by atoms with van der Waals surface area (Å²) in [7, 11) is 2.03. The Kier molecular flexibility index (Phi) is 2.36. The van der Waals surface area contributed by atoms with Gasteiger partial charge in [-0.1, -0.05) is 13.8 Å². The average molecular weight is 242 g/mol. The van der Waals surface area contributed by atoms with Gasteiger partial charge >= 0.3 is 0 Å². The maximum atomic E-state index is 4.63. The minimum Gasteiger partial charge on any atom is -0.331 e. The van der Waals surface area contributed by atoms with Gasteiger partial charge < -0.3 is 4.57 Å². The van der Waals surface area contributed by atoms with E-state index in [0.717, 1.165) is 22.4 Å². The summed E-state index contributed by atoms with van der Waals surface area (Å²) in [6, 6.07) is 6.00. The van der Waals surface area contributed by atoms with E-state index in [-0.39, 0.29) is 0 Å². The van der Waals surface area contributed by atoms with Gasteiger partial charge in [0.2, 0.25) is 5.82 Å². The molecular formula is C12H14N6. The fourth-order valence-corrected chi connectivity index (χ4v) is 2.15. The van der Waals surface area contributed by atoms with Crippen molar-refractivity contribution in [2.24, 2.45) is 7.05 Å². The summed E-state index contributed by atoms with van der Waals surface area (Å²) in [5, 5.41) is 14.0. The first-order valence-corrected chi connectivity index (χ1v) is 5.87. The summed E-state index contributed by atoms with van der Waals surface area (Å²) < 4.78 is 2.11. The molecule has 0 aliphatic rings. The molecule has 0 spiro atoms.